The van der Waals surface area contributed by atoms with Crippen LogP contribution in [-0.2, 0) is 0 Å². The predicted molar refractivity (Wildman–Crippen MR) is 119 cm³/mol. The average Bonchev–Trinajstić information content (AvgIpc) is 3.15. The minimum Gasteiger partial charge on any atom is -0.350 e. The molecule has 0 radical (unpaired) electrons. The third-order valence-electron chi connectivity index (χ3n) is 4.63. The van der Waals surface area contributed by atoms with Gasteiger partial charge in [0.15, 0.2) is 5.65 Å². The van der Waals surface area contributed by atoms with Crippen LogP contribution in [0.4, 0.5) is 16.0 Å². The summed E-state index contributed by atoms with van der Waals surface area (Å²) < 4.78 is 14.9. The molecule has 0 saturated carbocycles. The number of hydrogen-bond donors (Lipinski definition) is 3. The Hall–Kier alpha value is -3.78. The van der Waals surface area contributed by atoms with Crippen LogP contribution in [0.5, 0.6) is 0 Å². The first-order chi connectivity index (χ1) is 14.8. The van der Waals surface area contributed by atoms with E-state index in [4.69, 9.17) is 5.73 Å². The Morgan fingerprint density at radius 1 is 1.10 bits per heavy atom. The summed E-state index contributed by atoms with van der Waals surface area (Å²) in [6.45, 7) is 4.08. The van der Waals surface area contributed by atoms with E-state index >= 15 is 0 Å². The fraction of sp³-hybridized carbons (Fsp3) is 0.174. The van der Waals surface area contributed by atoms with Crippen LogP contribution in [0, 0.1) is 5.82 Å². The van der Waals surface area contributed by atoms with Crippen LogP contribution in [0.2, 0.25) is 0 Å². The van der Waals surface area contributed by atoms with Gasteiger partial charge in [0.25, 0.3) is 5.91 Å². The van der Waals surface area contributed by atoms with Gasteiger partial charge in [-0.05, 0) is 67.9 Å². The van der Waals surface area contributed by atoms with E-state index in [1.54, 1.807) is 47.1 Å². The summed E-state index contributed by atoms with van der Waals surface area (Å²) in [4.78, 5) is 16.8. The number of anilines is 2. The monoisotopic (exact) mass is 418 g/mol. The summed E-state index contributed by atoms with van der Waals surface area (Å²) in [5.74, 6) is -0.0556. The Balaban J connectivity index is 1.52. The van der Waals surface area contributed by atoms with Crippen molar-refractivity contribution in [2.45, 2.75) is 19.4 Å². The molecule has 0 spiro atoms. The van der Waals surface area contributed by atoms with Gasteiger partial charge in [-0.1, -0.05) is 12.1 Å². The molecule has 7 nitrogen and oxygen atoms in total. The molecule has 0 atom stereocenters. The molecule has 0 unspecified atom stereocenters. The van der Waals surface area contributed by atoms with Crippen molar-refractivity contribution in [2.75, 3.05) is 11.9 Å². The highest BCUT2D eigenvalue weighted by atomic mass is 19.1. The van der Waals surface area contributed by atoms with E-state index in [0.717, 1.165) is 16.8 Å². The fourth-order valence-electron chi connectivity index (χ4n) is 3.06. The Morgan fingerprint density at radius 3 is 2.48 bits per heavy atom. The Labute approximate surface area is 179 Å². The van der Waals surface area contributed by atoms with Crippen LogP contribution in [0.25, 0.3) is 16.8 Å². The molecule has 158 valence electrons. The van der Waals surface area contributed by atoms with Crippen molar-refractivity contribution in [3.05, 3.63) is 78.2 Å². The van der Waals surface area contributed by atoms with Gasteiger partial charge in [0.05, 0.1) is 0 Å². The number of nitrogens with two attached hydrogens (primary N) is 1. The zero-order valence-electron chi connectivity index (χ0n) is 17.3. The molecule has 8 heteroatoms. The number of hydrogen-bond acceptors (Lipinski definition) is 5. The summed E-state index contributed by atoms with van der Waals surface area (Å²) >= 11 is 0. The van der Waals surface area contributed by atoms with Crippen LogP contribution in [-0.4, -0.2) is 32.6 Å². The molecule has 0 saturated heterocycles. The van der Waals surface area contributed by atoms with Crippen molar-refractivity contribution >= 4 is 23.2 Å². The molecule has 0 aliphatic heterocycles. The summed E-state index contributed by atoms with van der Waals surface area (Å²) in [5.41, 5.74) is 9.06. The van der Waals surface area contributed by atoms with Crippen LogP contribution in [0.3, 0.4) is 0 Å². The van der Waals surface area contributed by atoms with Crippen LogP contribution >= 0.6 is 0 Å². The second-order valence-electron chi connectivity index (χ2n) is 8.01. The van der Waals surface area contributed by atoms with Gasteiger partial charge < -0.3 is 16.4 Å². The van der Waals surface area contributed by atoms with E-state index in [1.165, 1.54) is 12.1 Å². The van der Waals surface area contributed by atoms with Crippen molar-refractivity contribution in [1.82, 2.24) is 19.9 Å². The lowest BCUT2D eigenvalue weighted by atomic mass is 10.1. The molecule has 0 aliphatic carbocycles. The van der Waals surface area contributed by atoms with Crippen LogP contribution in [0.1, 0.15) is 24.2 Å². The van der Waals surface area contributed by atoms with Gasteiger partial charge in [0, 0.05) is 35.1 Å². The van der Waals surface area contributed by atoms with Gasteiger partial charge in [0.2, 0.25) is 5.95 Å². The molecule has 4 aromatic rings. The van der Waals surface area contributed by atoms with Gasteiger partial charge in [-0.25, -0.2) is 8.91 Å². The quantitative estimate of drug-likeness (QED) is 0.443. The second-order valence-corrected chi connectivity index (χ2v) is 8.01. The van der Waals surface area contributed by atoms with Crippen molar-refractivity contribution < 1.29 is 9.18 Å². The summed E-state index contributed by atoms with van der Waals surface area (Å²) in [6.07, 6.45) is 1.80. The Bertz CT molecular complexity index is 1210. The third kappa shape index (κ3) is 4.87. The number of rotatable bonds is 6. The average molecular weight is 418 g/mol. The molecular formula is C23H23FN6O. The maximum atomic E-state index is 13.3. The van der Waals surface area contributed by atoms with E-state index in [-0.39, 0.29) is 11.7 Å². The number of fused-ring (bicyclic) bond motifs is 1. The Morgan fingerprint density at radius 2 is 1.81 bits per heavy atom. The molecule has 2 aromatic heterocycles. The summed E-state index contributed by atoms with van der Waals surface area (Å²) in [6, 6.07) is 17.1. The lowest BCUT2D eigenvalue weighted by Crippen LogP contribution is -2.45. The van der Waals surface area contributed by atoms with E-state index in [0.29, 0.717) is 23.7 Å². The first-order valence-electron chi connectivity index (χ1n) is 9.84. The number of benzene rings is 2. The van der Waals surface area contributed by atoms with Gasteiger partial charge in [-0.15, -0.1) is 5.10 Å². The molecule has 0 aliphatic rings. The number of carbonyl (C=O) groups is 1. The first kappa shape index (κ1) is 20.5. The van der Waals surface area contributed by atoms with Gasteiger partial charge in [-0.2, -0.15) is 4.98 Å². The third-order valence-corrected chi connectivity index (χ3v) is 4.63. The Kier molecular flexibility index (Phi) is 5.39. The van der Waals surface area contributed by atoms with E-state index in [2.05, 4.69) is 20.7 Å². The number of halogens is 1. The second kappa shape index (κ2) is 8.16. The maximum absolute atomic E-state index is 13.3. The zero-order valence-corrected chi connectivity index (χ0v) is 17.3. The number of aromatic nitrogens is 3. The number of carbonyl (C=O) groups excluding carboxylic acids is 1. The van der Waals surface area contributed by atoms with Gasteiger partial charge in [-0.3, -0.25) is 4.79 Å². The highest BCUT2D eigenvalue weighted by Gasteiger charge is 2.14. The highest BCUT2D eigenvalue weighted by molar-refractivity contribution is 5.94. The van der Waals surface area contributed by atoms with Crippen molar-refractivity contribution in [1.29, 1.82) is 0 Å². The van der Waals surface area contributed by atoms with Gasteiger partial charge >= 0.3 is 0 Å². The summed E-state index contributed by atoms with van der Waals surface area (Å²) in [7, 11) is 0. The number of amides is 1. The first-order valence-corrected chi connectivity index (χ1v) is 9.84. The van der Waals surface area contributed by atoms with Crippen molar-refractivity contribution in [2.24, 2.45) is 5.73 Å². The molecule has 1 amide bonds. The topological polar surface area (TPSA) is 97.3 Å². The maximum Gasteiger partial charge on any atom is 0.251 e. The highest BCUT2D eigenvalue weighted by Crippen LogP contribution is 2.25. The minimum atomic E-state index is -0.473. The molecule has 0 bridgehead atoms. The van der Waals surface area contributed by atoms with E-state index < -0.39 is 5.54 Å². The molecule has 4 N–H and O–H groups in total. The smallest absolute Gasteiger partial charge is 0.251 e. The summed E-state index contributed by atoms with van der Waals surface area (Å²) in [5, 5.41) is 10.4. The molecule has 2 aromatic carbocycles. The standard InChI is InChI=1S/C23H23FN6O/c1-23(2,25)14-26-21(31)16-7-11-18(12-8-16)27-22-28-20-19(4-3-13-30(20)29-22)15-5-9-17(24)10-6-15/h3-13H,14,25H2,1-2H3,(H,26,31)(H,27,29). The normalized spacial score (nSPS) is 11.5. The largest absolute Gasteiger partial charge is 0.350 e. The fourth-order valence-corrected chi connectivity index (χ4v) is 3.06. The van der Waals surface area contributed by atoms with Crippen molar-refractivity contribution in [3.8, 4) is 11.1 Å². The van der Waals surface area contributed by atoms with Gasteiger partial charge in [0.1, 0.15) is 5.82 Å². The molecule has 4 rings (SSSR count). The minimum absolute atomic E-state index is 0.181. The lowest BCUT2D eigenvalue weighted by Gasteiger charge is -2.18. The van der Waals surface area contributed by atoms with E-state index in [1.807, 2.05) is 26.0 Å². The number of nitrogens with one attached hydrogen (secondary N) is 2. The van der Waals surface area contributed by atoms with Crippen molar-refractivity contribution in [3.63, 3.8) is 0 Å². The van der Waals surface area contributed by atoms with E-state index in [9.17, 15) is 9.18 Å². The van der Waals surface area contributed by atoms with Crippen LogP contribution < -0.4 is 16.4 Å². The predicted octanol–water partition coefficient (Wildman–Crippen LogP) is 3.75. The number of nitrogens with zero attached hydrogens (tertiary/aromatic N) is 3. The number of pyridine rings is 1. The zero-order chi connectivity index (χ0) is 22.0. The van der Waals surface area contributed by atoms with Crippen LogP contribution in [0.15, 0.2) is 66.9 Å². The molecule has 2 heterocycles. The lowest BCUT2D eigenvalue weighted by molar-refractivity contribution is 0.0946. The molecule has 31 heavy (non-hydrogen) atoms. The SMILES string of the molecule is CC(C)(N)CNC(=O)c1ccc(Nc2nc3c(-c4ccc(F)cc4)cccn3n2)cc1. The molecular weight excluding hydrogens is 395 g/mol. The molecule has 0 fully saturated rings.